The number of carbonyl (C=O) groups excluding carboxylic acids is 1. The van der Waals surface area contributed by atoms with Gasteiger partial charge in [0.2, 0.25) is 0 Å². The Kier molecular flexibility index (Phi) is 4.90. The minimum absolute atomic E-state index is 0.230. The van der Waals surface area contributed by atoms with E-state index in [0.717, 1.165) is 31.6 Å². The molecule has 0 aromatic heterocycles. The highest BCUT2D eigenvalue weighted by Gasteiger charge is 2.24. The van der Waals surface area contributed by atoms with Crippen molar-refractivity contribution in [2.75, 3.05) is 0 Å². The van der Waals surface area contributed by atoms with E-state index in [4.69, 9.17) is 0 Å². The van der Waals surface area contributed by atoms with Gasteiger partial charge in [-0.25, -0.2) is 8.78 Å². The fraction of sp³-hybridized carbons (Fsp3) is 0.588. The molecule has 1 aliphatic carbocycles. The van der Waals surface area contributed by atoms with E-state index in [1.807, 2.05) is 0 Å². The molecule has 2 rings (SSSR count). The van der Waals surface area contributed by atoms with Crippen molar-refractivity contribution in [2.24, 2.45) is 5.92 Å². The van der Waals surface area contributed by atoms with Gasteiger partial charge in [-0.1, -0.05) is 19.8 Å². The Morgan fingerprint density at radius 3 is 2.15 bits per heavy atom. The zero-order valence-electron chi connectivity index (χ0n) is 12.2. The number of ketones is 1. The Labute approximate surface area is 119 Å². The van der Waals surface area contributed by atoms with Crippen LogP contribution in [0.1, 0.15) is 74.2 Å². The predicted molar refractivity (Wildman–Crippen MR) is 76.0 cm³/mol. The third-order valence-electron chi connectivity index (χ3n) is 4.43. The number of halogens is 2. The summed E-state index contributed by atoms with van der Waals surface area (Å²) in [5.74, 6) is -1.000. The lowest BCUT2D eigenvalue weighted by Crippen LogP contribution is -2.14. The van der Waals surface area contributed by atoms with Crippen LogP contribution in [-0.4, -0.2) is 5.78 Å². The molecule has 1 aromatic carbocycles. The minimum Gasteiger partial charge on any atom is -0.294 e. The molecular weight excluding hydrogens is 258 g/mol. The molecule has 0 N–H and O–H groups in total. The first-order chi connectivity index (χ1) is 9.52. The first-order valence-corrected chi connectivity index (χ1v) is 7.52. The van der Waals surface area contributed by atoms with Crippen LogP contribution in [-0.2, 0) is 0 Å². The highest BCUT2D eigenvalue weighted by molar-refractivity contribution is 5.94. The fourth-order valence-corrected chi connectivity index (χ4v) is 3.36. The second kappa shape index (κ2) is 6.47. The van der Waals surface area contributed by atoms with E-state index in [1.165, 1.54) is 31.9 Å². The van der Waals surface area contributed by atoms with E-state index in [-0.39, 0.29) is 5.92 Å². The summed E-state index contributed by atoms with van der Waals surface area (Å²) >= 11 is 0. The molecule has 20 heavy (non-hydrogen) atoms. The third-order valence-corrected chi connectivity index (χ3v) is 4.43. The largest absolute Gasteiger partial charge is 0.294 e. The highest BCUT2D eigenvalue weighted by atomic mass is 19.1. The van der Waals surface area contributed by atoms with Gasteiger partial charge in [-0.2, -0.15) is 0 Å². The summed E-state index contributed by atoms with van der Waals surface area (Å²) in [6.07, 6.45) is 6.70. The van der Waals surface area contributed by atoms with Crippen LogP contribution < -0.4 is 0 Å². The number of benzene rings is 1. The van der Waals surface area contributed by atoms with Crippen molar-refractivity contribution >= 4 is 5.78 Å². The second-order valence-electron chi connectivity index (χ2n) is 5.92. The monoisotopic (exact) mass is 280 g/mol. The smallest absolute Gasteiger partial charge is 0.165 e. The quantitative estimate of drug-likeness (QED) is 0.689. The zero-order valence-corrected chi connectivity index (χ0v) is 12.2. The number of Topliss-reactive ketones (excluding diaryl/α,β-unsaturated/α-hetero) is 1. The summed E-state index contributed by atoms with van der Waals surface area (Å²) < 4.78 is 27.7. The SMILES string of the molecule is CCC[C@H]1CC[C@H](c2cc(F)c(C(C)=O)c(F)c2)CC1. The molecular formula is C17H22F2O. The van der Waals surface area contributed by atoms with Crippen LogP contribution in [0.3, 0.4) is 0 Å². The summed E-state index contributed by atoms with van der Waals surface area (Å²) in [5, 5.41) is 0. The molecule has 110 valence electrons. The van der Waals surface area contributed by atoms with E-state index in [0.29, 0.717) is 5.56 Å². The molecule has 1 nitrogen and oxygen atoms in total. The van der Waals surface area contributed by atoms with Gasteiger partial charge in [0.25, 0.3) is 0 Å². The van der Waals surface area contributed by atoms with E-state index in [9.17, 15) is 13.6 Å². The van der Waals surface area contributed by atoms with Crippen molar-refractivity contribution in [3.8, 4) is 0 Å². The molecule has 3 heteroatoms. The summed E-state index contributed by atoms with van der Waals surface area (Å²) in [7, 11) is 0. The average molecular weight is 280 g/mol. The van der Waals surface area contributed by atoms with Gasteiger partial charge in [-0.05, 0) is 62.1 Å². The Bertz CT molecular complexity index is 465. The van der Waals surface area contributed by atoms with Crippen molar-refractivity contribution in [2.45, 2.75) is 58.3 Å². The van der Waals surface area contributed by atoms with Gasteiger partial charge >= 0.3 is 0 Å². The van der Waals surface area contributed by atoms with Gasteiger partial charge in [0.1, 0.15) is 11.6 Å². The number of hydrogen-bond acceptors (Lipinski definition) is 1. The first-order valence-electron chi connectivity index (χ1n) is 7.52. The fourth-order valence-electron chi connectivity index (χ4n) is 3.36. The van der Waals surface area contributed by atoms with Gasteiger partial charge in [-0.3, -0.25) is 4.79 Å². The lowest BCUT2D eigenvalue weighted by atomic mass is 9.77. The highest BCUT2D eigenvalue weighted by Crippen LogP contribution is 2.38. The van der Waals surface area contributed by atoms with Crippen LogP contribution in [0.5, 0.6) is 0 Å². The van der Waals surface area contributed by atoms with Crippen LogP contribution in [0.25, 0.3) is 0 Å². The molecule has 1 aromatic rings. The second-order valence-corrected chi connectivity index (χ2v) is 5.92. The molecule has 1 aliphatic rings. The summed E-state index contributed by atoms with van der Waals surface area (Å²) in [6, 6.07) is 2.70. The maximum absolute atomic E-state index is 13.9. The van der Waals surface area contributed by atoms with Gasteiger partial charge in [-0.15, -0.1) is 0 Å². The number of hydrogen-bond donors (Lipinski definition) is 0. The van der Waals surface area contributed by atoms with Crippen molar-refractivity contribution in [1.29, 1.82) is 0 Å². The lowest BCUT2D eigenvalue weighted by Gasteiger charge is -2.28. The predicted octanol–water partition coefficient (Wildman–Crippen LogP) is 5.24. The van der Waals surface area contributed by atoms with Crippen LogP contribution >= 0.6 is 0 Å². The summed E-state index contributed by atoms with van der Waals surface area (Å²) in [4.78, 5) is 11.2. The molecule has 0 amide bonds. The standard InChI is InChI=1S/C17H22F2O/c1-3-4-12-5-7-13(8-6-12)14-9-15(18)17(11(2)20)16(19)10-14/h9-10,12-13H,3-8H2,1-2H3/t12-,13-. The third kappa shape index (κ3) is 3.25. The molecule has 0 unspecified atom stereocenters. The Morgan fingerprint density at radius 2 is 1.70 bits per heavy atom. The number of carbonyl (C=O) groups is 1. The van der Waals surface area contributed by atoms with Gasteiger partial charge in [0.15, 0.2) is 5.78 Å². The Balaban J connectivity index is 2.13. The molecule has 0 bridgehead atoms. The lowest BCUT2D eigenvalue weighted by molar-refractivity contribution is 0.100. The first kappa shape index (κ1) is 15.1. The normalized spacial score (nSPS) is 22.8. The molecule has 0 heterocycles. The Hall–Kier alpha value is -1.25. The van der Waals surface area contributed by atoms with E-state index in [2.05, 4.69) is 6.92 Å². The molecule has 0 radical (unpaired) electrons. The van der Waals surface area contributed by atoms with Gasteiger partial charge in [0, 0.05) is 0 Å². The minimum atomic E-state index is -0.719. The molecule has 0 spiro atoms. The molecule has 0 saturated heterocycles. The van der Waals surface area contributed by atoms with Crippen molar-refractivity contribution < 1.29 is 13.6 Å². The maximum Gasteiger partial charge on any atom is 0.165 e. The topological polar surface area (TPSA) is 17.1 Å². The average Bonchev–Trinajstić information content (AvgIpc) is 2.38. The van der Waals surface area contributed by atoms with Crippen molar-refractivity contribution in [3.63, 3.8) is 0 Å². The number of rotatable bonds is 4. The maximum atomic E-state index is 13.9. The molecule has 0 atom stereocenters. The zero-order chi connectivity index (χ0) is 14.7. The van der Waals surface area contributed by atoms with E-state index in [1.54, 1.807) is 0 Å². The van der Waals surface area contributed by atoms with Crippen LogP contribution in [0, 0.1) is 17.6 Å². The molecule has 0 aliphatic heterocycles. The summed E-state index contributed by atoms with van der Waals surface area (Å²) in [5.41, 5.74) is 0.299. The molecule has 1 fully saturated rings. The van der Waals surface area contributed by atoms with Crippen molar-refractivity contribution in [1.82, 2.24) is 0 Å². The van der Waals surface area contributed by atoms with Crippen molar-refractivity contribution in [3.05, 3.63) is 34.9 Å². The van der Waals surface area contributed by atoms with Crippen LogP contribution in [0.2, 0.25) is 0 Å². The van der Waals surface area contributed by atoms with Crippen LogP contribution in [0.4, 0.5) is 8.78 Å². The summed E-state index contributed by atoms with van der Waals surface area (Å²) in [6.45, 7) is 3.38. The van der Waals surface area contributed by atoms with Crippen LogP contribution in [0.15, 0.2) is 12.1 Å². The van der Waals surface area contributed by atoms with E-state index < -0.39 is 23.0 Å². The Morgan fingerprint density at radius 1 is 1.15 bits per heavy atom. The molecule has 1 saturated carbocycles. The van der Waals surface area contributed by atoms with Gasteiger partial charge < -0.3 is 0 Å². The van der Waals surface area contributed by atoms with Gasteiger partial charge in [0.05, 0.1) is 5.56 Å². The van der Waals surface area contributed by atoms with E-state index >= 15 is 0 Å².